The van der Waals surface area contributed by atoms with Crippen LogP contribution < -0.4 is 16.2 Å². The summed E-state index contributed by atoms with van der Waals surface area (Å²) in [5.74, 6) is -1.85. The molecular formula is C21H22N4O6. The summed E-state index contributed by atoms with van der Waals surface area (Å²) in [7, 11) is 0. The average Bonchev–Trinajstić information content (AvgIpc) is 3.19. The normalized spacial score (nSPS) is 15.5. The maximum Gasteiger partial charge on any atom is 0.305 e. The van der Waals surface area contributed by atoms with Crippen LogP contribution in [0.4, 0.5) is 5.69 Å². The van der Waals surface area contributed by atoms with Crippen LogP contribution in [0.3, 0.4) is 0 Å². The van der Waals surface area contributed by atoms with Crippen LogP contribution >= 0.6 is 0 Å². The molecular weight excluding hydrogens is 404 g/mol. The second-order valence-corrected chi connectivity index (χ2v) is 7.20. The zero-order chi connectivity index (χ0) is 22.4. The summed E-state index contributed by atoms with van der Waals surface area (Å²) >= 11 is 0. The number of nitrogens with zero attached hydrogens (tertiary/aromatic N) is 2. The Morgan fingerprint density at radius 2 is 2.00 bits per heavy atom. The van der Waals surface area contributed by atoms with Crippen molar-refractivity contribution in [3.8, 4) is 0 Å². The third-order valence-corrected chi connectivity index (χ3v) is 4.97. The van der Waals surface area contributed by atoms with Gasteiger partial charge in [-0.25, -0.2) is 4.98 Å². The fourth-order valence-electron chi connectivity index (χ4n) is 3.45. The molecule has 2 atom stereocenters. The number of fused-ring (bicyclic) bond motifs is 1. The molecule has 31 heavy (non-hydrogen) atoms. The number of amides is 2. The van der Waals surface area contributed by atoms with Crippen molar-refractivity contribution >= 4 is 29.8 Å². The number of aromatic nitrogens is 2. The number of carbonyl (C=O) groups excluding carboxylic acids is 3. The molecule has 162 valence electrons. The first kappa shape index (κ1) is 21.9. The zero-order valence-corrected chi connectivity index (χ0v) is 16.6. The number of benzene rings is 1. The monoisotopic (exact) mass is 426 g/mol. The van der Waals surface area contributed by atoms with Crippen molar-refractivity contribution in [2.24, 2.45) is 0 Å². The Hall–Kier alpha value is -3.82. The smallest absolute Gasteiger partial charge is 0.305 e. The van der Waals surface area contributed by atoms with Gasteiger partial charge in [0.15, 0.2) is 0 Å². The fraction of sp³-hybridized carbons (Fsp3) is 0.333. The predicted octanol–water partition coefficient (Wildman–Crippen LogP) is 0.460. The number of hydrogen-bond donors (Lipinski definition) is 3. The molecule has 0 unspecified atom stereocenters. The van der Waals surface area contributed by atoms with Gasteiger partial charge in [-0.05, 0) is 18.4 Å². The summed E-state index contributed by atoms with van der Waals surface area (Å²) in [6.45, 7) is 0. The van der Waals surface area contributed by atoms with Crippen molar-refractivity contribution in [2.75, 3.05) is 5.32 Å². The molecule has 10 nitrogen and oxygen atoms in total. The van der Waals surface area contributed by atoms with Crippen LogP contribution in [-0.2, 0) is 32.0 Å². The fourth-order valence-corrected chi connectivity index (χ4v) is 3.45. The molecule has 0 bridgehead atoms. The molecule has 2 aromatic rings. The number of rotatable bonds is 9. The van der Waals surface area contributed by atoms with Crippen molar-refractivity contribution in [1.29, 1.82) is 0 Å². The van der Waals surface area contributed by atoms with Gasteiger partial charge in [0.05, 0.1) is 18.7 Å². The van der Waals surface area contributed by atoms with Crippen LogP contribution in [0.1, 0.15) is 36.7 Å². The number of aliphatic carboxylic acids is 1. The number of carboxylic acids is 1. The molecule has 3 N–H and O–H groups in total. The minimum Gasteiger partial charge on any atom is -0.481 e. The van der Waals surface area contributed by atoms with E-state index in [0.717, 1.165) is 5.56 Å². The molecule has 0 aliphatic carbocycles. The number of hydrogen-bond acceptors (Lipinski definition) is 6. The second-order valence-electron chi connectivity index (χ2n) is 7.20. The third kappa shape index (κ3) is 5.41. The molecule has 2 amide bonds. The molecule has 1 aliphatic heterocycles. The van der Waals surface area contributed by atoms with E-state index >= 15 is 0 Å². The Morgan fingerprint density at radius 3 is 2.68 bits per heavy atom. The van der Waals surface area contributed by atoms with Crippen LogP contribution in [0.5, 0.6) is 0 Å². The second kappa shape index (κ2) is 9.79. The zero-order valence-electron chi connectivity index (χ0n) is 16.6. The molecule has 10 heteroatoms. The first-order valence-corrected chi connectivity index (χ1v) is 9.80. The highest BCUT2D eigenvalue weighted by Gasteiger charge is 2.32. The molecule has 0 saturated carbocycles. The van der Waals surface area contributed by atoms with Crippen LogP contribution in [-0.4, -0.2) is 44.8 Å². The van der Waals surface area contributed by atoms with E-state index in [9.17, 15) is 24.0 Å². The van der Waals surface area contributed by atoms with Gasteiger partial charge in [-0.15, -0.1) is 0 Å². The lowest BCUT2D eigenvalue weighted by Crippen LogP contribution is -2.43. The summed E-state index contributed by atoms with van der Waals surface area (Å²) in [5, 5.41) is 13.7. The number of carbonyl (C=O) groups is 4. The van der Waals surface area contributed by atoms with E-state index in [2.05, 4.69) is 15.6 Å². The van der Waals surface area contributed by atoms with Crippen molar-refractivity contribution in [2.45, 2.75) is 44.2 Å². The molecule has 1 aromatic carbocycles. The maximum atomic E-state index is 12.9. The quantitative estimate of drug-likeness (QED) is 0.494. The first-order chi connectivity index (χ1) is 14.9. The molecule has 0 fully saturated rings. The van der Waals surface area contributed by atoms with Crippen LogP contribution in [0.2, 0.25) is 0 Å². The minimum atomic E-state index is -1.23. The maximum absolute atomic E-state index is 12.9. The lowest BCUT2D eigenvalue weighted by molar-refractivity contribution is -0.139. The molecule has 3 rings (SSSR count). The number of aldehydes is 1. The summed E-state index contributed by atoms with van der Waals surface area (Å²) in [5.41, 5.74) is 0.375. The van der Waals surface area contributed by atoms with Crippen molar-refractivity contribution in [3.63, 3.8) is 0 Å². The number of carboxylic acid groups (broad SMARTS) is 1. The molecule has 1 aliphatic rings. The SMILES string of the molecule is O=C[C@H](CC(=O)O)NC(=O)[C@@H]1CCc2ncc(NC(=O)CCc3ccccc3)c(=O)n21. The largest absolute Gasteiger partial charge is 0.481 e. The standard InChI is InChI=1S/C21H22N4O6/c26-12-14(10-19(28)29)23-20(30)16-7-8-17-22-11-15(21(31)25(16)17)24-18(27)9-6-13-4-2-1-3-5-13/h1-5,11-12,14,16H,6-10H2,(H,23,30)(H,24,27)(H,28,29)/t14-,16-/m0/s1. The van der Waals surface area contributed by atoms with Crippen LogP contribution in [0.25, 0.3) is 0 Å². The van der Waals surface area contributed by atoms with Crippen molar-refractivity contribution in [1.82, 2.24) is 14.9 Å². The van der Waals surface area contributed by atoms with E-state index in [1.54, 1.807) is 0 Å². The van der Waals surface area contributed by atoms with Crippen LogP contribution in [0.15, 0.2) is 41.3 Å². The molecule has 0 radical (unpaired) electrons. The Morgan fingerprint density at radius 1 is 1.26 bits per heavy atom. The van der Waals surface area contributed by atoms with E-state index in [1.807, 2.05) is 30.3 Å². The lowest BCUT2D eigenvalue weighted by atomic mass is 10.1. The Balaban J connectivity index is 1.70. The van der Waals surface area contributed by atoms with Gasteiger partial charge in [-0.3, -0.25) is 23.7 Å². The van der Waals surface area contributed by atoms with Gasteiger partial charge in [0, 0.05) is 12.8 Å². The number of aryl methyl sites for hydroxylation is 2. The van der Waals surface area contributed by atoms with E-state index in [0.29, 0.717) is 25.0 Å². The Kier molecular flexibility index (Phi) is 6.91. The van der Waals surface area contributed by atoms with Gasteiger partial charge < -0.3 is 20.5 Å². The topological polar surface area (TPSA) is 147 Å². The Bertz CT molecular complexity index is 1050. The lowest BCUT2D eigenvalue weighted by Gasteiger charge is -2.17. The van der Waals surface area contributed by atoms with E-state index in [1.165, 1.54) is 10.8 Å². The molecule has 0 spiro atoms. The highest BCUT2D eigenvalue weighted by molar-refractivity contribution is 5.90. The Labute approximate surface area is 177 Å². The van der Waals surface area contributed by atoms with E-state index in [4.69, 9.17) is 5.11 Å². The highest BCUT2D eigenvalue weighted by Crippen LogP contribution is 2.23. The molecule has 0 saturated heterocycles. The van der Waals surface area contributed by atoms with E-state index < -0.39 is 35.9 Å². The predicted molar refractivity (Wildman–Crippen MR) is 109 cm³/mol. The minimum absolute atomic E-state index is 0.0426. The summed E-state index contributed by atoms with van der Waals surface area (Å²) < 4.78 is 1.19. The number of anilines is 1. The van der Waals surface area contributed by atoms with Gasteiger partial charge in [0.25, 0.3) is 5.56 Å². The molecule has 2 heterocycles. The van der Waals surface area contributed by atoms with Gasteiger partial charge >= 0.3 is 5.97 Å². The van der Waals surface area contributed by atoms with Crippen LogP contribution in [0, 0.1) is 0 Å². The van der Waals surface area contributed by atoms with E-state index in [-0.39, 0.29) is 24.4 Å². The highest BCUT2D eigenvalue weighted by atomic mass is 16.4. The number of nitrogens with one attached hydrogen (secondary N) is 2. The summed E-state index contributed by atoms with van der Waals surface area (Å²) in [6, 6.07) is 7.30. The van der Waals surface area contributed by atoms with Gasteiger partial charge in [-0.2, -0.15) is 0 Å². The first-order valence-electron chi connectivity index (χ1n) is 9.80. The average molecular weight is 426 g/mol. The molecule has 1 aromatic heterocycles. The van der Waals surface area contributed by atoms with Crippen molar-refractivity contribution in [3.05, 3.63) is 58.3 Å². The summed E-state index contributed by atoms with van der Waals surface area (Å²) in [6.07, 6.45) is 2.37. The van der Waals surface area contributed by atoms with Gasteiger partial charge in [0.2, 0.25) is 11.8 Å². The van der Waals surface area contributed by atoms with Gasteiger partial charge in [-0.1, -0.05) is 30.3 Å². The summed E-state index contributed by atoms with van der Waals surface area (Å²) in [4.78, 5) is 63.7. The third-order valence-electron chi connectivity index (χ3n) is 4.97. The van der Waals surface area contributed by atoms with Crippen molar-refractivity contribution < 1.29 is 24.3 Å². The van der Waals surface area contributed by atoms with Gasteiger partial charge in [0.1, 0.15) is 23.8 Å².